The number of methoxy groups -OCH3 is 1. The first kappa shape index (κ1) is 15.4. The van der Waals surface area contributed by atoms with Crippen molar-refractivity contribution in [3.63, 3.8) is 0 Å². The molecule has 5 nitrogen and oxygen atoms in total. The summed E-state index contributed by atoms with van der Waals surface area (Å²) in [6.07, 6.45) is 0. The molecule has 0 aliphatic rings. The van der Waals surface area contributed by atoms with Crippen LogP contribution in [-0.4, -0.2) is 23.7 Å². The topological polar surface area (TPSA) is 64.2 Å². The van der Waals surface area contributed by atoms with Crippen LogP contribution in [-0.2, 0) is 0 Å². The maximum Gasteiger partial charge on any atom is 0.259 e. The number of hydrogen-bond donors (Lipinski definition) is 1. The number of aromatic amines is 1. The summed E-state index contributed by atoms with van der Waals surface area (Å²) in [5, 5.41) is 0.953. The van der Waals surface area contributed by atoms with Gasteiger partial charge in [0.15, 0.2) is 11.5 Å². The Morgan fingerprint density at radius 2 is 2.00 bits per heavy atom. The molecule has 0 aliphatic heterocycles. The molecule has 1 heterocycles. The molecule has 3 aromatic rings. The Labute approximate surface area is 137 Å². The zero-order valence-corrected chi connectivity index (χ0v) is 13.5. The van der Waals surface area contributed by atoms with E-state index in [9.17, 15) is 4.79 Å². The predicted molar refractivity (Wildman–Crippen MR) is 90.5 cm³/mol. The average molecular weight is 331 g/mol. The van der Waals surface area contributed by atoms with E-state index in [4.69, 9.17) is 21.1 Å². The van der Waals surface area contributed by atoms with Crippen LogP contribution in [0.3, 0.4) is 0 Å². The number of halogens is 1. The zero-order valence-electron chi connectivity index (χ0n) is 12.7. The molecule has 0 spiro atoms. The number of nitrogens with zero attached hydrogens (tertiary/aromatic N) is 1. The van der Waals surface area contributed by atoms with Crippen molar-refractivity contribution in [3.8, 4) is 22.9 Å². The molecule has 2 aromatic carbocycles. The van der Waals surface area contributed by atoms with Gasteiger partial charge in [-0.15, -0.1) is 0 Å². The van der Waals surface area contributed by atoms with Gasteiger partial charge < -0.3 is 14.5 Å². The summed E-state index contributed by atoms with van der Waals surface area (Å²) in [5.74, 6) is 1.47. The third-order valence-corrected chi connectivity index (χ3v) is 3.73. The lowest BCUT2D eigenvalue weighted by atomic mass is 10.1. The minimum Gasteiger partial charge on any atom is -0.493 e. The van der Waals surface area contributed by atoms with Crippen LogP contribution in [0.15, 0.2) is 41.2 Å². The number of benzene rings is 2. The molecule has 0 saturated carbocycles. The Kier molecular flexibility index (Phi) is 4.21. The molecule has 0 radical (unpaired) electrons. The molecular weight excluding hydrogens is 316 g/mol. The molecule has 0 unspecified atom stereocenters. The summed E-state index contributed by atoms with van der Waals surface area (Å²) < 4.78 is 10.8. The van der Waals surface area contributed by atoms with Gasteiger partial charge >= 0.3 is 0 Å². The van der Waals surface area contributed by atoms with Gasteiger partial charge in [-0.05, 0) is 25.1 Å². The van der Waals surface area contributed by atoms with Gasteiger partial charge in [-0.3, -0.25) is 4.79 Å². The second-order valence-electron chi connectivity index (χ2n) is 4.85. The van der Waals surface area contributed by atoms with Crippen molar-refractivity contribution >= 4 is 22.5 Å². The van der Waals surface area contributed by atoms with Crippen molar-refractivity contribution < 1.29 is 9.47 Å². The SMILES string of the molecule is CCOc1cc(-c2nc3ccccc3c(=O)[nH]2)c(Cl)cc1OC. The van der Waals surface area contributed by atoms with Crippen LogP contribution in [0.1, 0.15) is 6.92 Å². The molecule has 0 fully saturated rings. The fourth-order valence-corrected chi connectivity index (χ4v) is 2.60. The lowest BCUT2D eigenvalue weighted by Gasteiger charge is -2.12. The largest absolute Gasteiger partial charge is 0.493 e. The van der Waals surface area contributed by atoms with Crippen LogP contribution in [0.25, 0.3) is 22.3 Å². The Bertz CT molecular complexity index is 921. The lowest BCUT2D eigenvalue weighted by molar-refractivity contribution is 0.311. The van der Waals surface area contributed by atoms with Gasteiger partial charge in [-0.1, -0.05) is 23.7 Å². The zero-order chi connectivity index (χ0) is 16.4. The highest BCUT2D eigenvalue weighted by Crippen LogP contribution is 2.37. The first-order valence-corrected chi connectivity index (χ1v) is 7.51. The Morgan fingerprint density at radius 3 is 2.74 bits per heavy atom. The number of aromatic nitrogens is 2. The summed E-state index contributed by atoms with van der Waals surface area (Å²) in [4.78, 5) is 19.5. The number of fused-ring (bicyclic) bond motifs is 1. The monoisotopic (exact) mass is 330 g/mol. The molecule has 1 N–H and O–H groups in total. The Hall–Kier alpha value is -2.53. The van der Waals surface area contributed by atoms with Gasteiger partial charge in [0.05, 0.1) is 29.6 Å². The van der Waals surface area contributed by atoms with Gasteiger partial charge in [-0.25, -0.2) is 4.98 Å². The van der Waals surface area contributed by atoms with Crippen molar-refractivity contribution in [1.29, 1.82) is 0 Å². The fourth-order valence-electron chi connectivity index (χ4n) is 2.36. The maximum atomic E-state index is 12.2. The smallest absolute Gasteiger partial charge is 0.259 e. The van der Waals surface area contributed by atoms with E-state index in [0.717, 1.165) is 0 Å². The van der Waals surface area contributed by atoms with E-state index < -0.39 is 0 Å². The molecule has 3 rings (SSSR count). The van der Waals surface area contributed by atoms with Crippen LogP contribution < -0.4 is 15.0 Å². The number of H-pyrrole nitrogens is 1. The molecule has 118 valence electrons. The normalized spacial score (nSPS) is 10.7. The number of hydrogen-bond acceptors (Lipinski definition) is 4. The third-order valence-electron chi connectivity index (χ3n) is 3.42. The van der Waals surface area contributed by atoms with Gasteiger partial charge in [0.2, 0.25) is 0 Å². The lowest BCUT2D eigenvalue weighted by Crippen LogP contribution is -2.09. The molecule has 0 saturated heterocycles. The van der Waals surface area contributed by atoms with Crippen LogP contribution in [0.4, 0.5) is 0 Å². The highest BCUT2D eigenvalue weighted by molar-refractivity contribution is 6.33. The average Bonchev–Trinajstić information content (AvgIpc) is 2.56. The standard InChI is InChI=1S/C17H15ClN2O3/c1-3-23-15-8-11(12(18)9-14(15)22-2)16-19-13-7-5-4-6-10(13)17(21)20-16/h4-9H,3H2,1-2H3,(H,19,20,21). The van der Waals surface area contributed by atoms with Crippen LogP contribution in [0.5, 0.6) is 11.5 Å². The van der Waals surface area contributed by atoms with Crippen LogP contribution >= 0.6 is 11.6 Å². The highest BCUT2D eigenvalue weighted by atomic mass is 35.5. The van der Waals surface area contributed by atoms with Crippen molar-refractivity contribution in [2.24, 2.45) is 0 Å². The molecule has 6 heteroatoms. The van der Waals surface area contributed by atoms with E-state index in [-0.39, 0.29) is 5.56 Å². The first-order valence-electron chi connectivity index (χ1n) is 7.13. The van der Waals surface area contributed by atoms with Crippen LogP contribution in [0.2, 0.25) is 5.02 Å². The number of para-hydroxylation sites is 1. The molecule has 0 bridgehead atoms. The van der Waals surface area contributed by atoms with E-state index in [1.54, 1.807) is 37.4 Å². The minimum atomic E-state index is -0.213. The quantitative estimate of drug-likeness (QED) is 0.793. The first-order chi connectivity index (χ1) is 11.1. The predicted octanol–water partition coefficient (Wildman–Crippen LogP) is 3.65. The molecule has 0 aliphatic carbocycles. The highest BCUT2D eigenvalue weighted by Gasteiger charge is 2.14. The van der Waals surface area contributed by atoms with Gasteiger partial charge in [-0.2, -0.15) is 0 Å². The molecule has 0 amide bonds. The second-order valence-corrected chi connectivity index (χ2v) is 5.25. The Morgan fingerprint density at radius 1 is 1.22 bits per heavy atom. The van der Waals surface area contributed by atoms with Crippen molar-refractivity contribution in [2.75, 3.05) is 13.7 Å². The fraction of sp³-hybridized carbons (Fsp3) is 0.176. The van der Waals surface area contributed by atoms with E-state index in [1.165, 1.54) is 0 Å². The summed E-state index contributed by atoms with van der Waals surface area (Å²) in [6, 6.07) is 10.5. The summed E-state index contributed by atoms with van der Waals surface area (Å²) in [7, 11) is 1.55. The number of rotatable bonds is 4. The molecule has 1 aromatic heterocycles. The number of nitrogens with one attached hydrogen (secondary N) is 1. The van der Waals surface area contributed by atoms with Gasteiger partial charge in [0.25, 0.3) is 5.56 Å². The Balaban J connectivity index is 2.22. The van der Waals surface area contributed by atoms with Crippen molar-refractivity contribution in [2.45, 2.75) is 6.92 Å². The van der Waals surface area contributed by atoms with Gasteiger partial charge in [0.1, 0.15) is 5.82 Å². The van der Waals surface area contributed by atoms with Crippen molar-refractivity contribution in [3.05, 3.63) is 51.8 Å². The maximum absolute atomic E-state index is 12.2. The molecular formula is C17H15ClN2O3. The summed E-state index contributed by atoms with van der Waals surface area (Å²) >= 11 is 6.32. The van der Waals surface area contributed by atoms with E-state index in [1.807, 2.05) is 13.0 Å². The van der Waals surface area contributed by atoms with E-state index in [0.29, 0.717) is 45.4 Å². The molecule has 0 atom stereocenters. The summed E-state index contributed by atoms with van der Waals surface area (Å²) in [5.41, 5.74) is 0.977. The van der Waals surface area contributed by atoms with Crippen LogP contribution in [0, 0.1) is 0 Å². The summed E-state index contributed by atoms with van der Waals surface area (Å²) in [6.45, 7) is 2.36. The van der Waals surface area contributed by atoms with E-state index in [2.05, 4.69) is 9.97 Å². The van der Waals surface area contributed by atoms with E-state index >= 15 is 0 Å². The van der Waals surface area contributed by atoms with Gasteiger partial charge in [0, 0.05) is 11.6 Å². The molecule has 23 heavy (non-hydrogen) atoms. The third kappa shape index (κ3) is 2.87. The number of ether oxygens (including phenoxy) is 2. The second kappa shape index (κ2) is 6.30. The minimum absolute atomic E-state index is 0.213. The van der Waals surface area contributed by atoms with Crippen molar-refractivity contribution in [1.82, 2.24) is 9.97 Å².